The Morgan fingerprint density at radius 2 is 1.91 bits per heavy atom. The molecule has 162 valence electrons. The first-order chi connectivity index (χ1) is 15.4. The fourth-order valence-electron chi connectivity index (χ4n) is 3.48. The Balaban J connectivity index is 1.62. The van der Waals surface area contributed by atoms with Crippen molar-refractivity contribution >= 4 is 34.5 Å². The Labute approximate surface area is 187 Å². The average molecular weight is 454 g/mol. The van der Waals surface area contributed by atoms with Crippen LogP contribution in [0.3, 0.4) is 0 Å². The summed E-state index contributed by atoms with van der Waals surface area (Å²) in [5, 5.41) is 10.3. The molecule has 4 rings (SSSR count). The van der Waals surface area contributed by atoms with E-state index in [0.29, 0.717) is 17.3 Å². The lowest BCUT2D eigenvalue weighted by atomic mass is 10.1. The van der Waals surface area contributed by atoms with Gasteiger partial charge in [0, 0.05) is 45.4 Å². The number of benzene rings is 3. The number of nitrogens with zero attached hydrogens (tertiary/aromatic N) is 1. The summed E-state index contributed by atoms with van der Waals surface area (Å²) in [4.78, 5) is 10.9. The Bertz CT molecular complexity index is 1330. The number of aliphatic carboxylic acids is 1. The highest BCUT2D eigenvalue weighted by molar-refractivity contribution is 6.30. The van der Waals surface area contributed by atoms with E-state index >= 15 is 0 Å². The maximum absolute atomic E-state index is 14.0. The second kappa shape index (κ2) is 9.24. The number of aromatic nitrogens is 1. The highest BCUT2D eigenvalue weighted by Gasteiger charge is 2.11. The van der Waals surface area contributed by atoms with Crippen LogP contribution in [-0.4, -0.2) is 15.6 Å². The van der Waals surface area contributed by atoms with Crippen LogP contribution >= 0.6 is 11.6 Å². The number of rotatable bonds is 7. The molecule has 7 heteroatoms. The van der Waals surface area contributed by atoms with Crippen molar-refractivity contribution in [2.75, 3.05) is 0 Å². The summed E-state index contributed by atoms with van der Waals surface area (Å²) in [6.45, 7) is 0.370. The lowest BCUT2D eigenvalue weighted by Crippen LogP contribution is -2.04. The standard InChI is InChI=1S/C25H18ClF2NO3/c26-19-6-8-24(32-15-17-4-7-20(27)13-22(17)28)18(12-19)14-29-11-10-21-16(5-9-25(30)31)2-1-3-23(21)29/h1-13H,14-15H2,(H,30,31)/b9-5+. The molecule has 0 aliphatic carbocycles. The molecule has 1 heterocycles. The topological polar surface area (TPSA) is 51.5 Å². The lowest BCUT2D eigenvalue weighted by Gasteiger charge is -2.14. The van der Waals surface area contributed by atoms with Gasteiger partial charge in [-0.25, -0.2) is 13.6 Å². The van der Waals surface area contributed by atoms with Crippen molar-refractivity contribution in [3.63, 3.8) is 0 Å². The number of fused-ring (bicyclic) bond motifs is 1. The number of ether oxygens (including phenoxy) is 1. The summed E-state index contributed by atoms with van der Waals surface area (Å²) >= 11 is 6.20. The van der Waals surface area contributed by atoms with Crippen molar-refractivity contribution in [3.8, 4) is 5.75 Å². The molecule has 3 aromatic carbocycles. The molecule has 0 amide bonds. The molecule has 1 N–H and O–H groups in total. The molecule has 0 saturated carbocycles. The summed E-state index contributed by atoms with van der Waals surface area (Å²) < 4.78 is 34.9. The van der Waals surface area contributed by atoms with E-state index in [1.807, 2.05) is 35.0 Å². The molecule has 4 aromatic rings. The fraction of sp³-hybridized carbons (Fsp3) is 0.0800. The number of hydrogen-bond donors (Lipinski definition) is 1. The SMILES string of the molecule is O=C(O)/C=C/c1cccc2c1ccn2Cc1cc(Cl)ccc1OCc1ccc(F)cc1F. The minimum Gasteiger partial charge on any atom is -0.488 e. The van der Waals surface area contributed by atoms with Gasteiger partial charge >= 0.3 is 5.97 Å². The van der Waals surface area contributed by atoms with Crippen molar-refractivity contribution in [2.45, 2.75) is 13.2 Å². The van der Waals surface area contributed by atoms with Crippen molar-refractivity contribution in [3.05, 3.63) is 106 Å². The van der Waals surface area contributed by atoms with Gasteiger partial charge in [0.15, 0.2) is 0 Å². The summed E-state index contributed by atoms with van der Waals surface area (Å²) in [6, 6.07) is 16.1. The third-order valence-electron chi connectivity index (χ3n) is 5.01. The van der Waals surface area contributed by atoms with Gasteiger partial charge in [0.25, 0.3) is 0 Å². The van der Waals surface area contributed by atoms with E-state index in [1.165, 1.54) is 12.1 Å². The van der Waals surface area contributed by atoms with Crippen LogP contribution in [0, 0.1) is 11.6 Å². The van der Waals surface area contributed by atoms with Gasteiger partial charge in [-0.3, -0.25) is 0 Å². The highest BCUT2D eigenvalue weighted by Crippen LogP contribution is 2.28. The zero-order valence-electron chi connectivity index (χ0n) is 16.8. The molecular weight excluding hydrogens is 436 g/mol. The summed E-state index contributed by atoms with van der Waals surface area (Å²) in [5.41, 5.74) is 2.73. The van der Waals surface area contributed by atoms with Crippen LogP contribution in [0.5, 0.6) is 5.75 Å². The number of halogens is 3. The zero-order chi connectivity index (χ0) is 22.7. The molecule has 1 aromatic heterocycles. The average Bonchev–Trinajstić information content (AvgIpc) is 3.16. The molecule has 0 unspecified atom stereocenters. The second-order valence-corrected chi connectivity index (χ2v) is 7.61. The Morgan fingerprint density at radius 3 is 2.69 bits per heavy atom. The first-order valence-electron chi connectivity index (χ1n) is 9.75. The van der Waals surface area contributed by atoms with E-state index in [4.69, 9.17) is 21.4 Å². The van der Waals surface area contributed by atoms with Crippen LogP contribution < -0.4 is 4.74 Å². The molecule has 0 fully saturated rings. The molecule has 0 aliphatic rings. The summed E-state index contributed by atoms with van der Waals surface area (Å²) in [5.74, 6) is -1.80. The van der Waals surface area contributed by atoms with Gasteiger partial charge in [0.05, 0.1) is 6.54 Å². The first kappa shape index (κ1) is 21.6. The van der Waals surface area contributed by atoms with Crippen LogP contribution in [0.1, 0.15) is 16.7 Å². The molecule has 0 bridgehead atoms. The van der Waals surface area contributed by atoms with Crippen molar-refractivity contribution in [1.29, 1.82) is 0 Å². The normalized spacial score (nSPS) is 11.3. The lowest BCUT2D eigenvalue weighted by molar-refractivity contribution is -0.131. The van der Waals surface area contributed by atoms with Crippen LogP contribution in [0.2, 0.25) is 5.02 Å². The van der Waals surface area contributed by atoms with Gasteiger partial charge in [-0.1, -0.05) is 23.7 Å². The first-order valence-corrected chi connectivity index (χ1v) is 10.1. The Hall–Kier alpha value is -3.64. The van der Waals surface area contributed by atoms with E-state index in [9.17, 15) is 13.6 Å². The molecule has 0 aliphatic heterocycles. The number of hydrogen-bond acceptors (Lipinski definition) is 2. The number of carboxylic acid groups (broad SMARTS) is 1. The predicted octanol–water partition coefficient (Wildman–Crippen LogP) is 6.30. The molecule has 0 atom stereocenters. The third kappa shape index (κ3) is 4.81. The van der Waals surface area contributed by atoms with E-state index in [0.717, 1.165) is 34.2 Å². The quantitative estimate of drug-likeness (QED) is 0.334. The van der Waals surface area contributed by atoms with Gasteiger partial charge in [-0.05, 0) is 54.1 Å². The number of carbonyl (C=O) groups is 1. The predicted molar refractivity (Wildman–Crippen MR) is 120 cm³/mol. The van der Waals surface area contributed by atoms with Crippen LogP contribution in [0.4, 0.5) is 8.78 Å². The third-order valence-corrected chi connectivity index (χ3v) is 5.25. The molecule has 0 spiro atoms. The van der Waals surface area contributed by atoms with E-state index in [-0.39, 0.29) is 12.2 Å². The summed E-state index contributed by atoms with van der Waals surface area (Å²) in [7, 11) is 0. The van der Waals surface area contributed by atoms with Gasteiger partial charge < -0.3 is 14.4 Å². The smallest absolute Gasteiger partial charge is 0.328 e. The zero-order valence-corrected chi connectivity index (χ0v) is 17.5. The van der Waals surface area contributed by atoms with Gasteiger partial charge in [0.2, 0.25) is 0 Å². The maximum Gasteiger partial charge on any atom is 0.328 e. The largest absolute Gasteiger partial charge is 0.488 e. The molecular formula is C25H18ClF2NO3. The monoisotopic (exact) mass is 453 g/mol. The van der Waals surface area contributed by atoms with Crippen molar-refractivity contribution in [1.82, 2.24) is 4.57 Å². The maximum atomic E-state index is 14.0. The van der Waals surface area contributed by atoms with Crippen molar-refractivity contribution in [2.24, 2.45) is 0 Å². The van der Waals surface area contributed by atoms with Gasteiger partial charge in [-0.15, -0.1) is 0 Å². The van der Waals surface area contributed by atoms with Crippen LogP contribution in [0.25, 0.3) is 17.0 Å². The van der Waals surface area contributed by atoms with E-state index in [1.54, 1.807) is 24.3 Å². The second-order valence-electron chi connectivity index (χ2n) is 7.17. The van der Waals surface area contributed by atoms with Gasteiger partial charge in [-0.2, -0.15) is 0 Å². The minimum atomic E-state index is -1.01. The molecule has 4 nitrogen and oxygen atoms in total. The molecule has 0 saturated heterocycles. The Morgan fingerprint density at radius 1 is 1.06 bits per heavy atom. The summed E-state index contributed by atoms with van der Waals surface area (Å²) in [6.07, 6.45) is 4.55. The van der Waals surface area contributed by atoms with Gasteiger partial charge in [0.1, 0.15) is 24.0 Å². The fourth-order valence-corrected chi connectivity index (χ4v) is 3.68. The highest BCUT2D eigenvalue weighted by atomic mass is 35.5. The van der Waals surface area contributed by atoms with Crippen molar-refractivity contribution < 1.29 is 23.4 Å². The minimum absolute atomic E-state index is 0.0582. The Kier molecular flexibility index (Phi) is 6.23. The van der Waals surface area contributed by atoms with Crippen LogP contribution in [0.15, 0.2) is 72.9 Å². The molecule has 0 radical (unpaired) electrons. The van der Waals surface area contributed by atoms with E-state index < -0.39 is 17.6 Å². The van der Waals surface area contributed by atoms with E-state index in [2.05, 4.69) is 0 Å². The van der Waals surface area contributed by atoms with Crippen LogP contribution in [-0.2, 0) is 17.9 Å². The number of carboxylic acids is 1. The molecule has 32 heavy (non-hydrogen) atoms.